The molecule has 2 N–H and O–H groups in total. The summed E-state index contributed by atoms with van der Waals surface area (Å²) in [6, 6.07) is 15.6. The van der Waals surface area contributed by atoms with Gasteiger partial charge in [0, 0.05) is 13.0 Å². The Morgan fingerprint density at radius 1 is 1.17 bits per heavy atom. The van der Waals surface area contributed by atoms with Crippen LogP contribution in [0.3, 0.4) is 0 Å². The van der Waals surface area contributed by atoms with Crippen molar-refractivity contribution in [2.24, 2.45) is 0 Å². The lowest BCUT2D eigenvalue weighted by Gasteiger charge is -2.21. The van der Waals surface area contributed by atoms with E-state index in [1.165, 1.54) is 0 Å². The van der Waals surface area contributed by atoms with Crippen LogP contribution < -0.4 is 15.4 Å². The summed E-state index contributed by atoms with van der Waals surface area (Å²) in [5.41, 5.74) is 2.05. The van der Waals surface area contributed by atoms with E-state index in [1.54, 1.807) is 7.11 Å². The average Bonchev–Trinajstić information content (AvgIpc) is 2.58. The number of hydrogen-bond acceptors (Lipinski definition) is 3. The summed E-state index contributed by atoms with van der Waals surface area (Å²) in [5, 5.41) is 6.10. The lowest BCUT2D eigenvalue weighted by Crippen LogP contribution is -2.31. The highest BCUT2D eigenvalue weighted by Crippen LogP contribution is 2.30. The minimum absolute atomic E-state index is 0. The molecule has 0 fully saturated rings. The maximum atomic E-state index is 12.2. The molecule has 0 saturated carbocycles. The number of halogens is 2. The zero-order chi connectivity index (χ0) is 16.7. The highest BCUT2D eigenvalue weighted by atomic mass is 79.9. The molecule has 2 aromatic rings. The third-order valence-corrected chi connectivity index (χ3v) is 4.17. The molecule has 0 heterocycles. The van der Waals surface area contributed by atoms with Gasteiger partial charge in [0.15, 0.2) is 0 Å². The molecule has 24 heavy (non-hydrogen) atoms. The van der Waals surface area contributed by atoms with Crippen molar-refractivity contribution < 1.29 is 9.53 Å². The molecule has 0 aliphatic heterocycles. The molecule has 0 spiro atoms. The fourth-order valence-electron chi connectivity index (χ4n) is 2.34. The molecule has 0 aliphatic carbocycles. The molecule has 1 atom stereocenters. The van der Waals surface area contributed by atoms with Crippen molar-refractivity contribution in [2.75, 3.05) is 20.7 Å². The van der Waals surface area contributed by atoms with Gasteiger partial charge in [0.1, 0.15) is 5.75 Å². The molecule has 130 valence electrons. The van der Waals surface area contributed by atoms with E-state index < -0.39 is 0 Å². The van der Waals surface area contributed by atoms with E-state index in [9.17, 15) is 4.79 Å². The van der Waals surface area contributed by atoms with Gasteiger partial charge in [-0.1, -0.05) is 36.4 Å². The largest absolute Gasteiger partial charge is 0.496 e. The summed E-state index contributed by atoms with van der Waals surface area (Å²) >= 11 is 3.51. The Kier molecular flexibility index (Phi) is 8.82. The molecular weight excluding hydrogens is 392 g/mol. The fraction of sp³-hybridized carbons (Fsp3) is 0.278. The van der Waals surface area contributed by atoms with Gasteiger partial charge in [-0.05, 0) is 46.2 Å². The van der Waals surface area contributed by atoms with Gasteiger partial charge < -0.3 is 15.4 Å². The van der Waals surface area contributed by atoms with Crippen LogP contribution >= 0.6 is 28.3 Å². The number of carbonyl (C=O) groups is 1. The molecule has 0 radical (unpaired) electrons. The Bertz CT molecular complexity index is 653. The third kappa shape index (κ3) is 5.51. The van der Waals surface area contributed by atoms with E-state index in [0.717, 1.165) is 21.3 Å². The maximum absolute atomic E-state index is 12.2. The lowest BCUT2D eigenvalue weighted by atomic mass is 9.98. The van der Waals surface area contributed by atoms with Crippen LogP contribution in [0.2, 0.25) is 0 Å². The van der Waals surface area contributed by atoms with E-state index in [1.807, 2.05) is 55.6 Å². The smallest absolute Gasteiger partial charge is 0.222 e. The monoisotopic (exact) mass is 412 g/mol. The first-order valence-electron chi connectivity index (χ1n) is 7.48. The standard InChI is InChI=1S/C18H21BrN2O2.ClH/c1-20-11-10-17(22)21-18(13-6-4-3-5-7-13)14-8-9-16(23-2)15(19)12-14;/h3-9,12,18,20H,10-11H2,1-2H3,(H,21,22);1H. The zero-order valence-electron chi connectivity index (χ0n) is 13.7. The molecule has 2 rings (SSSR count). The summed E-state index contributed by atoms with van der Waals surface area (Å²) < 4.78 is 6.14. The Morgan fingerprint density at radius 3 is 2.46 bits per heavy atom. The summed E-state index contributed by atoms with van der Waals surface area (Å²) in [4.78, 5) is 12.2. The zero-order valence-corrected chi connectivity index (χ0v) is 16.1. The van der Waals surface area contributed by atoms with Crippen molar-refractivity contribution in [3.63, 3.8) is 0 Å². The number of benzene rings is 2. The summed E-state index contributed by atoms with van der Waals surface area (Å²) in [6.07, 6.45) is 0.442. The first-order valence-corrected chi connectivity index (χ1v) is 8.27. The maximum Gasteiger partial charge on any atom is 0.222 e. The Hall–Kier alpha value is -1.56. The minimum atomic E-state index is -0.192. The summed E-state index contributed by atoms with van der Waals surface area (Å²) in [7, 11) is 3.47. The molecule has 1 amide bonds. The summed E-state index contributed by atoms with van der Waals surface area (Å²) in [6.45, 7) is 0.652. The normalized spacial score (nSPS) is 11.3. The van der Waals surface area contributed by atoms with Crippen LogP contribution in [0.5, 0.6) is 5.75 Å². The van der Waals surface area contributed by atoms with Crippen LogP contribution in [0.1, 0.15) is 23.6 Å². The second-order valence-electron chi connectivity index (χ2n) is 5.16. The first kappa shape index (κ1) is 20.5. The van der Waals surface area contributed by atoms with Gasteiger partial charge in [-0.15, -0.1) is 12.4 Å². The molecule has 0 aliphatic rings. The second-order valence-corrected chi connectivity index (χ2v) is 6.01. The van der Waals surface area contributed by atoms with Crippen LogP contribution in [0.4, 0.5) is 0 Å². The minimum Gasteiger partial charge on any atom is -0.496 e. The predicted octanol–water partition coefficient (Wildman–Crippen LogP) is 3.69. The van der Waals surface area contributed by atoms with E-state index >= 15 is 0 Å². The van der Waals surface area contributed by atoms with Crippen molar-refractivity contribution in [3.8, 4) is 5.75 Å². The number of rotatable bonds is 7. The topological polar surface area (TPSA) is 50.4 Å². The van der Waals surface area contributed by atoms with Crippen molar-refractivity contribution in [2.45, 2.75) is 12.5 Å². The number of carbonyl (C=O) groups excluding carboxylic acids is 1. The number of amides is 1. The lowest BCUT2D eigenvalue weighted by molar-refractivity contribution is -0.121. The Balaban J connectivity index is 0.00000288. The van der Waals surface area contributed by atoms with E-state index in [2.05, 4.69) is 26.6 Å². The highest BCUT2D eigenvalue weighted by Gasteiger charge is 2.17. The van der Waals surface area contributed by atoms with Gasteiger partial charge in [0.25, 0.3) is 0 Å². The number of hydrogen-bond donors (Lipinski definition) is 2. The number of methoxy groups -OCH3 is 1. The van der Waals surface area contributed by atoms with Crippen molar-refractivity contribution in [1.82, 2.24) is 10.6 Å². The Labute approximate surface area is 157 Å². The van der Waals surface area contributed by atoms with Crippen LogP contribution in [0.25, 0.3) is 0 Å². The van der Waals surface area contributed by atoms with E-state index in [-0.39, 0.29) is 24.4 Å². The molecule has 1 unspecified atom stereocenters. The van der Waals surface area contributed by atoms with Gasteiger partial charge in [-0.2, -0.15) is 0 Å². The van der Waals surface area contributed by atoms with Crippen LogP contribution in [-0.2, 0) is 4.79 Å². The quantitative estimate of drug-likeness (QED) is 0.728. The third-order valence-electron chi connectivity index (χ3n) is 3.55. The highest BCUT2D eigenvalue weighted by molar-refractivity contribution is 9.10. The van der Waals surface area contributed by atoms with E-state index in [0.29, 0.717) is 13.0 Å². The predicted molar refractivity (Wildman–Crippen MR) is 103 cm³/mol. The van der Waals surface area contributed by atoms with E-state index in [4.69, 9.17) is 4.74 Å². The SMILES string of the molecule is CNCCC(=O)NC(c1ccccc1)c1ccc(OC)c(Br)c1.Cl. The van der Waals surface area contributed by atoms with Crippen LogP contribution in [0, 0.1) is 0 Å². The van der Waals surface area contributed by atoms with Crippen molar-refractivity contribution in [3.05, 3.63) is 64.1 Å². The number of ether oxygens (including phenoxy) is 1. The summed E-state index contributed by atoms with van der Waals surface area (Å²) in [5.74, 6) is 0.780. The Morgan fingerprint density at radius 2 is 1.88 bits per heavy atom. The van der Waals surface area contributed by atoms with Gasteiger partial charge in [-0.3, -0.25) is 4.79 Å². The average molecular weight is 414 g/mol. The van der Waals surface area contributed by atoms with Gasteiger partial charge >= 0.3 is 0 Å². The van der Waals surface area contributed by atoms with Crippen molar-refractivity contribution >= 4 is 34.2 Å². The first-order chi connectivity index (χ1) is 11.2. The van der Waals surface area contributed by atoms with Crippen LogP contribution in [-0.4, -0.2) is 26.6 Å². The molecule has 4 nitrogen and oxygen atoms in total. The van der Waals surface area contributed by atoms with Crippen LogP contribution in [0.15, 0.2) is 53.0 Å². The van der Waals surface area contributed by atoms with Gasteiger partial charge in [0.05, 0.1) is 17.6 Å². The molecular formula is C18H22BrClN2O2. The van der Waals surface area contributed by atoms with Gasteiger partial charge in [-0.25, -0.2) is 0 Å². The molecule has 0 bridgehead atoms. The molecule has 0 saturated heterocycles. The second kappa shape index (κ2) is 10.3. The molecule has 2 aromatic carbocycles. The van der Waals surface area contributed by atoms with Crippen molar-refractivity contribution in [1.29, 1.82) is 0 Å². The van der Waals surface area contributed by atoms with Gasteiger partial charge in [0.2, 0.25) is 5.91 Å². The fourth-order valence-corrected chi connectivity index (χ4v) is 2.90. The number of nitrogens with one attached hydrogen (secondary N) is 2. The molecule has 6 heteroatoms. The molecule has 0 aromatic heterocycles.